The third-order valence-corrected chi connectivity index (χ3v) is 5.20. The van der Waals surface area contributed by atoms with Crippen LogP contribution < -0.4 is 4.72 Å². The van der Waals surface area contributed by atoms with Crippen molar-refractivity contribution in [1.29, 1.82) is 0 Å². The van der Waals surface area contributed by atoms with Gasteiger partial charge in [0.15, 0.2) is 0 Å². The first-order chi connectivity index (χ1) is 12.5. The Morgan fingerprint density at radius 3 is 2.12 bits per heavy atom. The molecule has 26 heavy (non-hydrogen) atoms. The number of carbonyl (C=O) groups is 1. The average molecular weight is 367 g/mol. The van der Waals surface area contributed by atoms with Crippen LogP contribution in [0.5, 0.6) is 0 Å². The summed E-state index contributed by atoms with van der Waals surface area (Å²) in [5.74, 6) is -0.486. The lowest BCUT2D eigenvalue weighted by molar-refractivity contribution is 0.0601. The number of esters is 1. The number of sulfonamides is 1. The normalized spacial score (nSPS) is 11.0. The van der Waals surface area contributed by atoms with Crippen molar-refractivity contribution in [1.82, 2.24) is 0 Å². The standard InChI is InChI=1S/C20H17NO4S/c1-25-20(22)16-12-13-19(18(14-16)15-8-4-2-5-9-15)21-26(23,24)17-10-6-3-7-11-17/h2-14,21H,1H3. The van der Waals surface area contributed by atoms with Crippen molar-refractivity contribution in [3.63, 3.8) is 0 Å². The van der Waals surface area contributed by atoms with Gasteiger partial charge < -0.3 is 4.74 Å². The van der Waals surface area contributed by atoms with Crippen molar-refractivity contribution in [2.24, 2.45) is 0 Å². The van der Waals surface area contributed by atoms with E-state index in [1.165, 1.54) is 25.3 Å². The maximum atomic E-state index is 12.7. The summed E-state index contributed by atoms with van der Waals surface area (Å²) in [5, 5.41) is 0. The van der Waals surface area contributed by atoms with Crippen LogP contribution in [0.2, 0.25) is 0 Å². The number of ether oxygens (including phenoxy) is 1. The van der Waals surface area contributed by atoms with Gasteiger partial charge >= 0.3 is 5.97 Å². The molecule has 0 unspecified atom stereocenters. The van der Waals surface area contributed by atoms with Crippen LogP contribution in [0.3, 0.4) is 0 Å². The van der Waals surface area contributed by atoms with Crippen LogP contribution in [-0.2, 0) is 14.8 Å². The lowest BCUT2D eigenvalue weighted by atomic mass is 10.0. The Hall–Kier alpha value is -3.12. The molecule has 0 aliphatic heterocycles. The molecular weight excluding hydrogens is 350 g/mol. The summed E-state index contributed by atoms with van der Waals surface area (Å²) in [7, 11) is -2.45. The topological polar surface area (TPSA) is 72.5 Å². The molecule has 0 aromatic heterocycles. The Kier molecular flexibility index (Phi) is 5.04. The first kappa shape index (κ1) is 17.7. The largest absolute Gasteiger partial charge is 0.465 e. The van der Waals surface area contributed by atoms with Crippen molar-refractivity contribution >= 4 is 21.7 Å². The highest BCUT2D eigenvalue weighted by atomic mass is 32.2. The minimum absolute atomic E-state index is 0.163. The second-order valence-electron chi connectivity index (χ2n) is 5.54. The summed E-state index contributed by atoms with van der Waals surface area (Å²) >= 11 is 0. The van der Waals surface area contributed by atoms with Gasteiger partial charge in [-0.25, -0.2) is 13.2 Å². The molecule has 3 rings (SSSR count). The van der Waals surface area contributed by atoms with Crippen molar-refractivity contribution < 1.29 is 17.9 Å². The van der Waals surface area contributed by atoms with Crippen LogP contribution >= 0.6 is 0 Å². The van der Waals surface area contributed by atoms with Gasteiger partial charge in [-0.1, -0.05) is 48.5 Å². The third-order valence-electron chi connectivity index (χ3n) is 3.82. The molecule has 1 N–H and O–H groups in total. The van der Waals surface area contributed by atoms with Gasteiger partial charge in [-0.3, -0.25) is 4.72 Å². The van der Waals surface area contributed by atoms with E-state index in [9.17, 15) is 13.2 Å². The molecule has 132 valence electrons. The van der Waals surface area contributed by atoms with E-state index >= 15 is 0 Å². The van der Waals surface area contributed by atoms with E-state index in [1.54, 1.807) is 30.3 Å². The molecule has 5 nitrogen and oxygen atoms in total. The predicted molar refractivity (Wildman–Crippen MR) is 100 cm³/mol. The van der Waals surface area contributed by atoms with Crippen LogP contribution in [0, 0.1) is 0 Å². The summed E-state index contributed by atoms with van der Waals surface area (Å²) in [4.78, 5) is 12.0. The van der Waals surface area contributed by atoms with E-state index in [2.05, 4.69) is 4.72 Å². The Bertz CT molecular complexity index is 1020. The fraction of sp³-hybridized carbons (Fsp3) is 0.0500. The van der Waals surface area contributed by atoms with Crippen molar-refractivity contribution in [2.75, 3.05) is 11.8 Å². The van der Waals surface area contributed by atoms with Crippen LogP contribution in [-0.4, -0.2) is 21.5 Å². The molecule has 0 aliphatic carbocycles. The van der Waals surface area contributed by atoms with Gasteiger partial charge in [0, 0.05) is 5.56 Å². The predicted octanol–water partition coefficient (Wildman–Crippen LogP) is 3.94. The molecule has 0 atom stereocenters. The molecular formula is C20H17NO4S. The van der Waals surface area contributed by atoms with E-state index in [-0.39, 0.29) is 4.90 Å². The Morgan fingerprint density at radius 2 is 1.50 bits per heavy atom. The van der Waals surface area contributed by atoms with Gasteiger partial charge in [0.05, 0.1) is 23.3 Å². The molecule has 0 aliphatic rings. The SMILES string of the molecule is COC(=O)c1ccc(NS(=O)(=O)c2ccccc2)c(-c2ccccc2)c1. The molecule has 0 bridgehead atoms. The maximum absolute atomic E-state index is 12.7. The van der Waals surface area contributed by atoms with Crippen LogP contribution in [0.15, 0.2) is 83.8 Å². The molecule has 0 saturated carbocycles. The fourth-order valence-electron chi connectivity index (χ4n) is 2.54. The molecule has 0 saturated heterocycles. The average Bonchev–Trinajstić information content (AvgIpc) is 2.69. The second-order valence-corrected chi connectivity index (χ2v) is 7.22. The van der Waals surface area contributed by atoms with Gasteiger partial charge in [0.25, 0.3) is 10.0 Å². The summed E-state index contributed by atoms with van der Waals surface area (Å²) in [5.41, 5.74) is 2.10. The van der Waals surface area contributed by atoms with E-state index < -0.39 is 16.0 Å². The number of nitrogens with one attached hydrogen (secondary N) is 1. The van der Waals surface area contributed by atoms with Crippen LogP contribution in [0.1, 0.15) is 10.4 Å². The molecule has 3 aromatic carbocycles. The molecule has 0 spiro atoms. The zero-order valence-corrected chi connectivity index (χ0v) is 14.9. The first-order valence-electron chi connectivity index (χ1n) is 7.87. The lowest BCUT2D eigenvalue weighted by Crippen LogP contribution is -2.14. The lowest BCUT2D eigenvalue weighted by Gasteiger charge is -2.14. The van der Waals surface area contributed by atoms with E-state index in [4.69, 9.17) is 4.74 Å². The molecule has 0 amide bonds. The smallest absolute Gasteiger partial charge is 0.337 e. The molecule has 0 heterocycles. The Balaban J connectivity index is 2.08. The maximum Gasteiger partial charge on any atom is 0.337 e. The number of benzene rings is 3. The van der Waals surface area contributed by atoms with Gasteiger partial charge in [0.2, 0.25) is 0 Å². The van der Waals surface area contributed by atoms with E-state index in [0.717, 1.165) is 5.56 Å². The monoisotopic (exact) mass is 367 g/mol. The molecule has 0 radical (unpaired) electrons. The minimum atomic E-state index is -3.75. The summed E-state index contributed by atoms with van der Waals surface area (Å²) in [6.45, 7) is 0. The zero-order valence-electron chi connectivity index (χ0n) is 14.0. The molecule has 6 heteroatoms. The third kappa shape index (κ3) is 3.75. The van der Waals surface area contributed by atoms with Gasteiger partial charge in [0.1, 0.15) is 0 Å². The number of rotatable bonds is 5. The van der Waals surface area contributed by atoms with Gasteiger partial charge in [-0.2, -0.15) is 0 Å². The number of carbonyl (C=O) groups excluding carboxylic acids is 1. The van der Waals surface area contributed by atoms with Crippen molar-refractivity contribution in [3.05, 3.63) is 84.4 Å². The van der Waals surface area contributed by atoms with Crippen LogP contribution in [0.4, 0.5) is 5.69 Å². The summed E-state index contributed by atoms with van der Waals surface area (Å²) in [6, 6.07) is 22.1. The fourth-order valence-corrected chi connectivity index (χ4v) is 3.64. The number of methoxy groups -OCH3 is 1. The van der Waals surface area contributed by atoms with Crippen LogP contribution in [0.25, 0.3) is 11.1 Å². The number of hydrogen-bond donors (Lipinski definition) is 1. The van der Waals surface area contributed by atoms with Crippen molar-refractivity contribution in [2.45, 2.75) is 4.90 Å². The zero-order chi connectivity index (χ0) is 18.6. The van der Waals surface area contributed by atoms with Crippen molar-refractivity contribution in [3.8, 4) is 11.1 Å². The Labute approximate surface area is 152 Å². The minimum Gasteiger partial charge on any atom is -0.465 e. The quantitative estimate of drug-likeness (QED) is 0.693. The highest BCUT2D eigenvalue weighted by Crippen LogP contribution is 2.31. The molecule has 3 aromatic rings. The van der Waals surface area contributed by atoms with E-state index in [1.807, 2.05) is 30.3 Å². The number of hydrogen-bond acceptors (Lipinski definition) is 4. The number of anilines is 1. The highest BCUT2D eigenvalue weighted by Gasteiger charge is 2.18. The highest BCUT2D eigenvalue weighted by molar-refractivity contribution is 7.92. The second kappa shape index (κ2) is 7.41. The Morgan fingerprint density at radius 1 is 0.885 bits per heavy atom. The molecule has 0 fully saturated rings. The summed E-state index contributed by atoms with van der Waals surface area (Å²) < 4.78 is 32.7. The van der Waals surface area contributed by atoms with Gasteiger partial charge in [-0.05, 0) is 35.9 Å². The van der Waals surface area contributed by atoms with Gasteiger partial charge in [-0.15, -0.1) is 0 Å². The first-order valence-corrected chi connectivity index (χ1v) is 9.35. The summed E-state index contributed by atoms with van der Waals surface area (Å²) in [6.07, 6.45) is 0. The van der Waals surface area contributed by atoms with E-state index in [0.29, 0.717) is 16.8 Å².